The van der Waals surface area contributed by atoms with Crippen molar-refractivity contribution in [3.05, 3.63) is 75.8 Å². The average Bonchev–Trinajstić information content (AvgIpc) is 3.21. The van der Waals surface area contributed by atoms with E-state index in [2.05, 4.69) is 15.0 Å². The monoisotopic (exact) mass is 415 g/mol. The van der Waals surface area contributed by atoms with Crippen molar-refractivity contribution in [1.29, 1.82) is 0 Å². The number of H-pyrrole nitrogens is 1. The van der Waals surface area contributed by atoms with Crippen LogP contribution in [0.4, 0.5) is 0 Å². The van der Waals surface area contributed by atoms with Crippen LogP contribution in [0.3, 0.4) is 0 Å². The number of sulfonamides is 1. The zero-order chi connectivity index (χ0) is 21.0. The molecule has 0 aliphatic carbocycles. The zero-order valence-electron chi connectivity index (χ0n) is 16.0. The molecule has 2 heterocycles. The maximum absolute atomic E-state index is 12.4. The number of aryl methyl sites for hydroxylation is 2. The number of furan rings is 1. The molecular formula is C20H21N3O5S. The zero-order valence-corrected chi connectivity index (χ0v) is 16.8. The lowest BCUT2D eigenvalue weighted by atomic mass is 10.2. The Morgan fingerprint density at radius 3 is 2.59 bits per heavy atom. The normalized spacial score (nSPS) is 11.4. The Kier molecular flexibility index (Phi) is 6.00. The molecule has 0 radical (unpaired) electrons. The van der Waals surface area contributed by atoms with Crippen molar-refractivity contribution in [1.82, 2.24) is 15.0 Å². The van der Waals surface area contributed by atoms with Gasteiger partial charge in [-0.05, 0) is 55.3 Å². The molecule has 0 spiro atoms. The summed E-state index contributed by atoms with van der Waals surface area (Å²) in [6.45, 7) is 3.55. The molecule has 8 nitrogen and oxygen atoms in total. The van der Waals surface area contributed by atoms with Crippen LogP contribution in [0.1, 0.15) is 21.5 Å². The second kappa shape index (κ2) is 8.46. The van der Waals surface area contributed by atoms with Crippen LogP contribution in [-0.2, 0) is 10.0 Å². The summed E-state index contributed by atoms with van der Waals surface area (Å²) in [4.78, 5) is 27.2. The van der Waals surface area contributed by atoms with Gasteiger partial charge >= 0.3 is 0 Å². The molecule has 2 aromatic heterocycles. The maximum atomic E-state index is 12.4. The van der Waals surface area contributed by atoms with Crippen LogP contribution in [0.25, 0.3) is 11.5 Å². The Morgan fingerprint density at radius 1 is 1.10 bits per heavy atom. The first-order valence-corrected chi connectivity index (χ1v) is 10.4. The van der Waals surface area contributed by atoms with Gasteiger partial charge in [-0.2, -0.15) is 0 Å². The summed E-state index contributed by atoms with van der Waals surface area (Å²) < 4.78 is 32.5. The topological polar surface area (TPSA) is 121 Å². The van der Waals surface area contributed by atoms with Gasteiger partial charge in [0.2, 0.25) is 10.0 Å². The van der Waals surface area contributed by atoms with Gasteiger partial charge in [-0.3, -0.25) is 9.59 Å². The Hall–Kier alpha value is -3.17. The van der Waals surface area contributed by atoms with E-state index in [-0.39, 0.29) is 23.5 Å². The third-order valence-electron chi connectivity index (χ3n) is 4.28. The molecule has 29 heavy (non-hydrogen) atoms. The van der Waals surface area contributed by atoms with Gasteiger partial charge in [-0.15, -0.1) is 0 Å². The van der Waals surface area contributed by atoms with Crippen LogP contribution in [0, 0.1) is 13.8 Å². The molecule has 0 aliphatic rings. The molecular weight excluding hydrogens is 394 g/mol. The minimum atomic E-state index is -3.69. The van der Waals surface area contributed by atoms with Crippen LogP contribution >= 0.6 is 0 Å². The number of nitrogens with one attached hydrogen (secondary N) is 3. The van der Waals surface area contributed by atoms with E-state index in [0.717, 1.165) is 5.56 Å². The standard InChI is InChI=1S/C20H21N3O5S/c1-13-5-6-14(2)18(12-13)29(26,27)22-10-9-21-19(24)15-7-8-16(23-20(15)25)17-4-3-11-28-17/h3-8,11-12,22H,9-10H2,1-2H3,(H,21,24)(H,23,25). The van der Waals surface area contributed by atoms with Gasteiger partial charge in [0, 0.05) is 13.1 Å². The molecule has 0 unspecified atom stereocenters. The van der Waals surface area contributed by atoms with E-state index in [1.807, 2.05) is 13.0 Å². The van der Waals surface area contributed by atoms with Crippen molar-refractivity contribution >= 4 is 15.9 Å². The Bertz CT molecular complexity index is 1180. The van der Waals surface area contributed by atoms with Crippen molar-refractivity contribution in [3.8, 4) is 11.5 Å². The molecule has 9 heteroatoms. The minimum absolute atomic E-state index is 0.0101. The lowest BCUT2D eigenvalue weighted by Gasteiger charge is -2.11. The molecule has 0 bridgehead atoms. The molecule has 3 N–H and O–H groups in total. The third kappa shape index (κ3) is 4.82. The van der Waals surface area contributed by atoms with E-state index in [1.165, 1.54) is 12.3 Å². The SMILES string of the molecule is Cc1ccc(C)c(S(=O)(=O)NCCNC(=O)c2ccc(-c3ccco3)[nH]c2=O)c1. The van der Waals surface area contributed by atoms with Crippen molar-refractivity contribution in [2.45, 2.75) is 18.7 Å². The molecule has 1 aromatic carbocycles. The van der Waals surface area contributed by atoms with Crippen LogP contribution in [-0.4, -0.2) is 32.4 Å². The summed E-state index contributed by atoms with van der Waals surface area (Å²) in [7, 11) is -3.69. The first-order chi connectivity index (χ1) is 13.8. The highest BCUT2D eigenvalue weighted by Gasteiger charge is 2.17. The van der Waals surface area contributed by atoms with Gasteiger partial charge in [0.1, 0.15) is 11.3 Å². The number of pyridine rings is 1. The summed E-state index contributed by atoms with van der Waals surface area (Å²) in [6, 6.07) is 11.5. The Labute approximate surface area is 168 Å². The molecule has 0 saturated carbocycles. The van der Waals surface area contributed by atoms with Gasteiger partial charge in [0.15, 0.2) is 0 Å². The number of carbonyl (C=O) groups is 1. The van der Waals surface area contributed by atoms with E-state index < -0.39 is 21.5 Å². The smallest absolute Gasteiger partial charge is 0.261 e. The highest BCUT2D eigenvalue weighted by Crippen LogP contribution is 2.17. The lowest BCUT2D eigenvalue weighted by Crippen LogP contribution is -2.36. The van der Waals surface area contributed by atoms with E-state index >= 15 is 0 Å². The summed E-state index contributed by atoms with van der Waals surface area (Å²) in [5, 5.41) is 2.53. The third-order valence-corrected chi connectivity index (χ3v) is 5.88. The fourth-order valence-corrected chi connectivity index (χ4v) is 4.12. The summed E-state index contributed by atoms with van der Waals surface area (Å²) >= 11 is 0. The second-order valence-corrected chi connectivity index (χ2v) is 8.25. The van der Waals surface area contributed by atoms with Gasteiger partial charge in [-0.1, -0.05) is 12.1 Å². The first kappa shape index (κ1) is 20.6. The predicted octanol–water partition coefficient (Wildman–Crippen LogP) is 1.96. The van der Waals surface area contributed by atoms with Crippen molar-refractivity contribution in [2.24, 2.45) is 0 Å². The average molecular weight is 415 g/mol. The number of amides is 1. The van der Waals surface area contributed by atoms with Crippen molar-refractivity contribution < 1.29 is 17.6 Å². The molecule has 3 aromatic rings. The summed E-state index contributed by atoms with van der Waals surface area (Å²) in [5.74, 6) is -0.113. The second-order valence-electron chi connectivity index (χ2n) is 6.51. The molecule has 0 aliphatic heterocycles. The number of aromatic nitrogens is 1. The molecule has 0 atom stereocenters. The number of hydrogen-bond donors (Lipinski definition) is 3. The Balaban J connectivity index is 1.59. The van der Waals surface area contributed by atoms with Crippen LogP contribution in [0.5, 0.6) is 0 Å². The molecule has 152 valence electrons. The number of carbonyl (C=O) groups excluding carboxylic acids is 1. The molecule has 3 rings (SSSR count). The quantitative estimate of drug-likeness (QED) is 0.509. The van der Waals surface area contributed by atoms with Gasteiger partial charge < -0.3 is 14.7 Å². The van der Waals surface area contributed by atoms with E-state index in [9.17, 15) is 18.0 Å². The van der Waals surface area contributed by atoms with Gasteiger partial charge in [0.05, 0.1) is 16.9 Å². The maximum Gasteiger partial charge on any atom is 0.261 e. The van der Waals surface area contributed by atoms with E-state index in [1.54, 1.807) is 37.3 Å². The number of rotatable bonds is 7. The number of hydrogen-bond acceptors (Lipinski definition) is 5. The highest BCUT2D eigenvalue weighted by atomic mass is 32.2. The molecule has 0 saturated heterocycles. The number of benzene rings is 1. The summed E-state index contributed by atoms with van der Waals surface area (Å²) in [6.07, 6.45) is 1.48. The molecule has 1 amide bonds. The van der Waals surface area contributed by atoms with E-state index in [4.69, 9.17) is 4.42 Å². The van der Waals surface area contributed by atoms with Crippen molar-refractivity contribution in [3.63, 3.8) is 0 Å². The fraction of sp³-hybridized carbons (Fsp3) is 0.200. The molecule has 0 fully saturated rings. The Morgan fingerprint density at radius 2 is 1.90 bits per heavy atom. The van der Waals surface area contributed by atoms with Crippen molar-refractivity contribution in [2.75, 3.05) is 13.1 Å². The highest BCUT2D eigenvalue weighted by molar-refractivity contribution is 7.89. The largest absolute Gasteiger partial charge is 0.463 e. The number of aromatic amines is 1. The van der Waals surface area contributed by atoms with Gasteiger partial charge in [0.25, 0.3) is 11.5 Å². The van der Waals surface area contributed by atoms with Crippen LogP contribution < -0.4 is 15.6 Å². The lowest BCUT2D eigenvalue weighted by molar-refractivity contribution is 0.0953. The summed E-state index contributed by atoms with van der Waals surface area (Å²) in [5.41, 5.74) is 1.29. The first-order valence-electron chi connectivity index (χ1n) is 8.90. The predicted molar refractivity (Wildman–Crippen MR) is 108 cm³/mol. The van der Waals surface area contributed by atoms with E-state index in [0.29, 0.717) is 17.0 Å². The minimum Gasteiger partial charge on any atom is -0.463 e. The fourth-order valence-electron chi connectivity index (χ4n) is 2.76. The van der Waals surface area contributed by atoms with Gasteiger partial charge in [-0.25, -0.2) is 13.1 Å². The van der Waals surface area contributed by atoms with Crippen LogP contribution in [0.15, 0.2) is 62.8 Å². The van der Waals surface area contributed by atoms with Crippen LogP contribution in [0.2, 0.25) is 0 Å².